The molecule has 0 bridgehead atoms. The lowest BCUT2D eigenvalue weighted by Gasteiger charge is -2.21. The fourth-order valence-electron chi connectivity index (χ4n) is 2.81. The molecule has 2 rings (SSSR count). The first-order valence-electron chi connectivity index (χ1n) is 7.36. The minimum absolute atomic E-state index is 0.865. The van der Waals surface area contributed by atoms with Crippen molar-refractivity contribution in [2.24, 2.45) is 5.92 Å². The number of rotatable bonds is 7. The zero-order chi connectivity index (χ0) is 13.5. The number of likely N-dealkylation sites (N-methyl/N-ethyl adjacent to an activating group) is 1. The van der Waals surface area contributed by atoms with Gasteiger partial charge in [-0.3, -0.25) is 0 Å². The van der Waals surface area contributed by atoms with Gasteiger partial charge in [0.25, 0.3) is 0 Å². The van der Waals surface area contributed by atoms with Gasteiger partial charge in [0.15, 0.2) is 0 Å². The van der Waals surface area contributed by atoms with E-state index in [9.17, 15) is 0 Å². The van der Waals surface area contributed by atoms with Crippen LogP contribution in [0.4, 0.5) is 0 Å². The van der Waals surface area contributed by atoms with Crippen molar-refractivity contribution >= 4 is 0 Å². The van der Waals surface area contributed by atoms with Crippen molar-refractivity contribution in [1.82, 2.24) is 15.1 Å². The summed E-state index contributed by atoms with van der Waals surface area (Å²) in [7, 11) is 4.46. The Hall–Kier alpha value is -0.900. The summed E-state index contributed by atoms with van der Waals surface area (Å²) in [4.78, 5) is 4.90. The Bertz CT molecular complexity index is 352. The van der Waals surface area contributed by atoms with E-state index >= 15 is 0 Å². The molecule has 1 fully saturated rings. The molecule has 1 atom stereocenters. The molecular weight excluding hydrogens is 234 g/mol. The van der Waals surface area contributed by atoms with Crippen LogP contribution in [0.1, 0.15) is 12.0 Å². The monoisotopic (exact) mass is 261 g/mol. The highest BCUT2D eigenvalue weighted by Gasteiger charge is 2.20. The number of hydrogen-bond acceptors (Lipinski definition) is 3. The number of nitrogens with zero attached hydrogens (tertiary/aromatic N) is 2. The van der Waals surface area contributed by atoms with Crippen molar-refractivity contribution in [3.05, 3.63) is 35.9 Å². The summed E-state index contributed by atoms with van der Waals surface area (Å²) < 4.78 is 0. The normalized spacial score (nSPS) is 20.3. The fourth-order valence-corrected chi connectivity index (χ4v) is 2.81. The van der Waals surface area contributed by atoms with Crippen molar-refractivity contribution in [2.75, 3.05) is 46.8 Å². The minimum Gasteiger partial charge on any atom is -0.311 e. The average Bonchev–Trinajstić information content (AvgIpc) is 2.81. The predicted molar refractivity (Wildman–Crippen MR) is 81.2 cm³/mol. The molecule has 1 aromatic rings. The predicted octanol–water partition coefficient (Wildman–Crippen LogP) is 1.66. The highest BCUT2D eigenvalue weighted by Crippen LogP contribution is 2.14. The lowest BCUT2D eigenvalue weighted by Crippen LogP contribution is -2.33. The molecule has 1 aliphatic heterocycles. The van der Waals surface area contributed by atoms with Crippen LogP contribution in [-0.2, 0) is 6.54 Å². The third-order valence-corrected chi connectivity index (χ3v) is 3.90. The molecule has 0 radical (unpaired) electrons. The van der Waals surface area contributed by atoms with Gasteiger partial charge < -0.3 is 15.1 Å². The van der Waals surface area contributed by atoms with E-state index in [1.165, 1.54) is 31.6 Å². The van der Waals surface area contributed by atoms with Crippen LogP contribution in [0.25, 0.3) is 0 Å². The van der Waals surface area contributed by atoms with Gasteiger partial charge in [-0.25, -0.2) is 0 Å². The van der Waals surface area contributed by atoms with Gasteiger partial charge in [0.1, 0.15) is 0 Å². The molecule has 1 aromatic carbocycles. The SMILES string of the molecule is CN(CCNCc1ccccc1)CC1CCN(C)C1. The Morgan fingerprint density at radius 1 is 1.32 bits per heavy atom. The molecule has 0 amide bonds. The molecule has 19 heavy (non-hydrogen) atoms. The van der Waals surface area contributed by atoms with Crippen molar-refractivity contribution in [2.45, 2.75) is 13.0 Å². The van der Waals surface area contributed by atoms with Gasteiger partial charge in [-0.1, -0.05) is 30.3 Å². The molecule has 3 heteroatoms. The second-order valence-electron chi connectivity index (χ2n) is 5.84. The highest BCUT2D eigenvalue weighted by atomic mass is 15.2. The summed E-state index contributed by atoms with van der Waals surface area (Å²) in [6.45, 7) is 6.94. The maximum absolute atomic E-state index is 3.51. The van der Waals surface area contributed by atoms with Crippen molar-refractivity contribution in [1.29, 1.82) is 0 Å². The summed E-state index contributed by atoms with van der Waals surface area (Å²) in [5.41, 5.74) is 1.36. The van der Waals surface area contributed by atoms with Crippen molar-refractivity contribution < 1.29 is 0 Å². The van der Waals surface area contributed by atoms with E-state index in [-0.39, 0.29) is 0 Å². The zero-order valence-corrected chi connectivity index (χ0v) is 12.3. The lowest BCUT2D eigenvalue weighted by atomic mass is 10.1. The minimum atomic E-state index is 0.865. The summed E-state index contributed by atoms with van der Waals surface area (Å²) in [5.74, 6) is 0.865. The molecule has 0 spiro atoms. The van der Waals surface area contributed by atoms with Crippen molar-refractivity contribution in [3.63, 3.8) is 0 Å². The van der Waals surface area contributed by atoms with Crippen LogP contribution < -0.4 is 5.32 Å². The molecule has 106 valence electrons. The molecule has 0 aliphatic carbocycles. The number of nitrogens with one attached hydrogen (secondary N) is 1. The largest absolute Gasteiger partial charge is 0.311 e. The Morgan fingerprint density at radius 2 is 2.11 bits per heavy atom. The third-order valence-electron chi connectivity index (χ3n) is 3.90. The average molecular weight is 261 g/mol. The van der Waals surface area contributed by atoms with Crippen LogP contribution in [-0.4, -0.2) is 56.6 Å². The molecule has 1 heterocycles. The first kappa shape index (κ1) is 14.5. The summed E-state index contributed by atoms with van der Waals surface area (Å²) >= 11 is 0. The number of benzene rings is 1. The molecule has 1 saturated heterocycles. The highest BCUT2D eigenvalue weighted by molar-refractivity contribution is 5.14. The summed E-state index contributed by atoms with van der Waals surface area (Å²) in [6, 6.07) is 10.6. The van der Waals surface area contributed by atoms with Gasteiger partial charge in [-0.2, -0.15) is 0 Å². The topological polar surface area (TPSA) is 18.5 Å². The van der Waals surface area contributed by atoms with E-state index in [0.29, 0.717) is 0 Å². The zero-order valence-electron chi connectivity index (χ0n) is 12.3. The van der Waals surface area contributed by atoms with Gasteiger partial charge >= 0.3 is 0 Å². The van der Waals surface area contributed by atoms with E-state index in [1.54, 1.807) is 0 Å². The Morgan fingerprint density at radius 3 is 2.79 bits per heavy atom. The van der Waals surface area contributed by atoms with Gasteiger partial charge in [-0.15, -0.1) is 0 Å². The molecule has 3 nitrogen and oxygen atoms in total. The summed E-state index contributed by atoms with van der Waals surface area (Å²) in [5, 5.41) is 3.51. The molecule has 0 aromatic heterocycles. The molecule has 1 unspecified atom stereocenters. The Labute approximate surface area is 117 Å². The lowest BCUT2D eigenvalue weighted by molar-refractivity contribution is 0.273. The van der Waals surface area contributed by atoms with Crippen molar-refractivity contribution in [3.8, 4) is 0 Å². The Balaban J connectivity index is 1.55. The van der Waals surface area contributed by atoms with Gasteiger partial charge in [0.2, 0.25) is 0 Å². The fraction of sp³-hybridized carbons (Fsp3) is 0.625. The standard InChI is InChI=1S/C16H27N3/c1-18-10-8-16(13-18)14-19(2)11-9-17-12-15-6-4-3-5-7-15/h3-7,16-17H,8-14H2,1-2H3. The van der Waals surface area contributed by atoms with Crippen LogP contribution >= 0.6 is 0 Å². The third kappa shape index (κ3) is 5.31. The number of likely N-dealkylation sites (tertiary alicyclic amines) is 1. The van der Waals surface area contributed by atoms with Crippen LogP contribution in [0, 0.1) is 5.92 Å². The molecule has 1 N–H and O–H groups in total. The maximum Gasteiger partial charge on any atom is 0.0206 e. The molecule has 0 saturated carbocycles. The van der Waals surface area contributed by atoms with E-state index in [2.05, 4.69) is 59.5 Å². The van der Waals surface area contributed by atoms with Crippen LogP contribution in [0.3, 0.4) is 0 Å². The maximum atomic E-state index is 3.51. The van der Waals surface area contributed by atoms with E-state index in [0.717, 1.165) is 25.6 Å². The quantitative estimate of drug-likeness (QED) is 0.753. The van der Waals surface area contributed by atoms with Gasteiger partial charge in [-0.05, 0) is 38.5 Å². The van der Waals surface area contributed by atoms with E-state index in [4.69, 9.17) is 0 Å². The van der Waals surface area contributed by atoms with Crippen LogP contribution in [0.2, 0.25) is 0 Å². The number of hydrogen-bond donors (Lipinski definition) is 1. The molecule has 1 aliphatic rings. The van der Waals surface area contributed by atoms with Gasteiger partial charge in [0, 0.05) is 32.7 Å². The van der Waals surface area contributed by atoms with Gasteiger partial charge in [0.05, 0.1) is 0 Å². The first-order valence-corrected chi connectivity index (χ1v) is 7.36. The van der Waals surface area contributed by atoms with Crippen LogP contribution in [0.5, 0.6) is 0 Å². The Kier molecular flexibility index (Phi) is 5.83. The first-order chi connectivity index (χ1) is 9.24. The van der Waals surface area contributed by atoms with E-state index in [1.807, 2.05) is 0 Å². The second-order valence-corrected chi connectivity index (χ2v) is 5.84. The van der Waals surface area contributed by atoms with E-state index < -0.39 is 0 Å². The second kappa shape index (κ2) is 7.63. The van der Waals surface area contributed by atoms with Crippen LogP contribution in [0.15, 0.2) is 30.3 Å². The smallest absolute Gasteiger partial charge is 0.0206 e. The summed E-state index contributed by atoms with van der Waals surface area (Å²) in [6.07, 6.45) is 1.36. The molecular formula is C16H27N3.